The van der Waals surface area contributed by atoms with Crippen molar-refractivity contribution < 1.29 is 9.59 Å². The van der Waals surface area contributed by atoms with Crippen LogP contribution in [0.3, 0.4) is 0 Å². The van der Waals surface area contributed by atoms with E-state index in [2.05, 4.69) is 42.8 Å². The van der Waals surface area contributed by atoms with Gasteiger partial charge < -0.3 is 14.8 Å². The summed E-state index contributed by atoms with van der Waals surface area (Å²) in [5.74, 6) is -0.470. The fraction of sp³-hybridized carbons (Fsp3) is 0.280. The molecule has 1 aromatic heterocycles. The summed E-state index contributed by atoms with van der Waals surface area (Å²) >= 11 is 0. The molecule has 1 N–H and O–H groups in total. The van der Waals surface area contributed by atoms with Gasteiger partial charge in [0, 0.05) is 41.4 Å². The number of aromatic nitrogens is 1. The van der Waals surface area contributed by atoms with E-state index < -0.39 is 0 Å². The van der Waals surface area contributed by atoms with Crippen LogP contribution >= 0.6 is 0 Å². The van der Waals surface area contributed by atoms with Gasteiger partial charge in [-0.2, -0.15) is 0 Å². The highest BCUT2D eigenvalue weighted by molar-refractivity contribution is 6.03. The number of benzene rings is 2. The van der Waals surface area contributed by atoms with Crippen molar-refractivity contribution in [3.8, 4) is 5.69 Å². The minimum Gasteiger partial charge on any atom is -0.326 e. The molecule has 0 aliphatic carbocycles. The lowest BCUT2D eigenvalue weighted by molar-refractivity contribution is -0.122. The van der Waals surface area contributed by atoms with Gasteiger partial charge in [-0.15, -0.1) is 0 Å². The molecule has 2 amide bonds. The van der Waals surface area contributed by atoms with Gasteiger partial charge in [0.05, 0.1) is 5.92 Å². The van der Waals surface area contributed by atoms with Crippen molar-refractivity contribution in [1.82, 2.24) is 4.57 Å². The van der Waals surface area contributed by atoms with Crippen molar-refractivity contribution >= 4 is 23.2 Å². The van der Waals surface area contributed by atoms with Crippen LogP contribution in [-0.4, -0.2) is 22.9 Å². The standard InChI is InChI=1S/C25H27N3O2/c1-4-19-7-11-22(12-8-19)27-16-20(15-24(27)29)25(30)26-21-9-13-23(14-10-21)28-17(2)5-6-18(28)3/h5-14,20H,4,15-16H2,1-3H3,(H,26,30)/t20-/m1/s1. The maximum Gasteiger partial charge on any atom is 0.229 e. The van der Waals surface area contributed by atoms with Crippen LogP contribution in [0.2, 0.25) is 0 Å². The van der Waals surface area contributed by atoms with Crippen LogP contribution in [0.25, 0.3) is 5.69 Å². The molecule has 1 saturated heterocycles. The van der Waals surface area contributed by atoms with Crippen LogP contribution in [0.5, 0.6) is 0 Å². The summed E-state index contributed by atoms with van der Waals surface area (Å²) < 4.78 is 2.17. The number of hydrogen-bond donors (Lipinski definition) is 1. The average molecular weight is 402 g/mol. The van der Waals surface area contributed by atoms with Gasteiger partial charge in [-0.3, -0.25) is 9.59 Å². The third-order valence-corrected chi connectivity index (χ3v) is 5.82. The van der Waals surface area contributed by atoms with Crippen molar-refractivity contribution in [3.63, 3.8) is 0 Å². The molecule has 0 bridgehead atoms. The van der Waals surface area contributed by atoms with E-state index in [1.807, 2.05) is 48.5 Å². The van der Waals surface area contributed by atoms with Crippen LogP contribution in [0.4, 0.5) is 11.4 Å². The number of nitrogens with one attached hydrogen (secondary N) is 1. The van der Waals surface area contributed by atoms with E-state index >= 15 is 0 Å². The van der Waals surface area contributed by atoms with Crippen molar-refractivity contribution in [3.05, 3.63) is 77.6 Å². The van der Waals surface area contributed by atoms with Crippen LogP contribution in [0.15, 0.2) is 60.7 Å². The van der Waals surface area contributed by atoms with Gasteiger partial charge in [-0.05, 0) is 74.4 Å². The number of nitrogens with zero attached hydrogens (tertiary/aromatic N) is 2. The van der Waals surface area contributed by atoms with E-state index in [9.17, 15) is 9.59 Å². The Morgan fingerprint density at radius 1 is 0.933 bits per heavy atom. The lowest BCUT2D eigenvalue weighted by Gasteiger charge is -2.17. The number of rotatable bonds is 5. The molecule has 5 nitrogen and oxygen atoms in total. The Morgan fingerprint density at radius 2 is 1.53 bits per heavy atom. The summed E-state index contributed by atoms with van der Waals surface area (Å²) in [5.41, 5.74) is 6.22. The number of hydrogen-bond acceptors (Lipinski definition) is 2. The molecule has 30 heavy (non-hydrogen) atoms. The summed E-state index contributed by atoms with van der Waals surface area (Å²) in [4.78, 5) is 27.0. The van der Waals surface area contributed by atoms with Gasteiger partial charge in [0.15, 0.2) is 0 Å². The summed E-state index contributed by atoms with van der Waals surface area (Å²) in [6.07, 6.45) is 1.20. The molecule has 1 aliphatic rings. The minimum absolute atomic E-state index is 0.00620. The second kappa shape index (κ2) is 8.19. The van der Waals surface area contributed by atoms with Crippen LogP contribution in [0.1, 0.15) is 30.3 Å². The normalized spacial score (nSPS) is 16.2. The minimum atomic E-state index is -0.350. The molecule has 0 spiro atoms. The van der Waals surface area contributed by atoms with Crippen molar-refractivity contribution in [2.45, 2.75) is 33.6 Å². The third kappa shape index (κ3) is 3.88. The highest BCUT2D eigenvalue weighted by atomic mass is 16.2. The van der Waals surface area contributed by atoms with Gasteiger partial charge in [0.25, 0.3) is 0 Å². The SMILES string of the molecule is CCc1ccc(N2C[C@H](C(=O)Nc3ccc(-n4c(C)ccc4C)cc3)CC2=O)cc1. The van der Waals surface area contributed by atoms with E-state index in [0.29, 0.717) is 6.54 Å². The smallest absolute Gasteiger partial charge is 0.229 e. The number of carbonyl (C=O) groups is 2. The molecular weight excluding hydrogens is 374 g/mol. The Hall–Kier alpha value is -3.34. The predicted octanol–water partition coefficient (Wildman–Crippen LogP) is 4.65. The Balaban J connectivity index is 1.42. The second-order valence-corrected chi connectivity index (χ2v) is 7.91. The predicted molar refractivity (Wildman–Crippen MR) is 120 cm³/mol. The summed E-state index contributed by atoms with van der Waals surface area (Å²) in [5, 5.41) is 2.97. The van der Waals surface area contributed by atoms with Crippen LogP contribution < -0.4 is 10.2 Å². The number of carbonyl (C=O) groups excluding carboxylic acids is 2. The Kier molecular flexibility index (Phi) is 5.44. The molecule has 1 aliphatic heterocycles. The van der Waals surface area contributed by atoms with Crippen molar-refractivity contribution in [2.24, 2.45) is 5.92 Å². The molecule has 2 heterocycles. The Morgan fingerprint density at radius 3 is 2.13 bits per heavy atom. The molecule has 2 aromatic carbocycles. The highest BCUT2D eigenvalue weighted by Crippen LogP contribution is 2.27. The number of amides is 2. The fourth-order valence-corrected chi connectivity index (χ4v) is 4.06. The second-order valence-electron chi connectivity index (χ2n) is 7.91. The van der Waals surface area contributed by atoms with Gasteiger partial charge in [0.1, 0.15) is 0 Å². The topological polar surface area (TPSA) is 54.3 Å². The molecule has 0 radical (unpaired) electrons. The quantitative estimate of drug-likeness (QED) is 0.677. The largest absolute Gasteiger partial charge is 0.326 e. The molecule has 0 saturated carbocycles. The van der Waals surface area contributed by atoms with E-state index in [1.165, 1.54) is 17.0 Å². The van der Waals surface area contributed by atoms with Gasteiger partial charge in [0.2, 0.25) is 11.8 Å². The summed E-state index contributed by atoms with van der Waals surface area (Å²) in [7, 11) is 0. The van der Waals surface area contributed by atoms with E-state index in [0.717, 1.165) is 23.5 Å². The zero-order valence-corrected chi connectivity index (χ0v) is 17.7. The van der Waals surface area contributed by atoms with Gasteiger partial charge >= 0.3 is 0 Å². The first-order valence-electron chi connectivity index (χ1n) is 10.4. The van der Waals surface area contributed by atoms with Crippen molar-refractivity contribution in [2.75, 3.05) is 16.8 Å². The number of aryl methyl sites for hydroxylation is 3. The molecule has 5 heteroatoms. The first-order chi connectivity index (χ1) is 14.5. The van der Waals surface area contributed by atoms with Gasteiger partial charge in [-0.25, -0.2) is 0 Å². The summed E-state index contributed by atoms with van der Waals surface area (Å²) in [6.45, 7) is 6.66. The lowest BCUT2D eigenvalue weighted by Crippen LogP contribution is -2.28. The maximum absolute atomic E-state index is 12.8. The summed E-state index contributed by atoms with van der Waals surface area (Å²) in [6, 6.07) is 20.0. The maximum atomic E-state index is 12.8. The third-order valence-electron chi connectivity index (χ3n) is 5.82. The first-order valence-corrected chi connectivity index (χ1v) is 10.4. The van der Waals surface area contributed by atoms with E-state index in [1.54, 1.807) is 4.90 Å². The number of anilines is 2. The van der Waals surface area contributed by atoms with Gasteiger partial charge in [-0.1, -0.05) is 19.1 Å². The zero-order valence-electron chi connectivity index (χ0n) is 17.7. The van der Waals surface area contributed by atoms with Crippen LogP contribution in [0, 0.1) is 19.8 Å². The van der Waals surface area contributed by atoms with Crippen molar-refractivity contribution in [1.29, 1.82) is 0 Å². The molecule has 1 atom stereocenters. The molecule has 154 valence electrons. The molecule has 3 aromatic rings. The van der Waals surface area contributed by atoms with E-state index in [4.69, 9.17) is 0 Å². The monoisotopic (exact) mass is 401 g/mol. The highest BCUT2D eigenvalue weighted by Gasteiger charge is 2.35. The zero-order chi connectivity index (χ0) is 21.3. The lowest BCUT2D eigenvalue weighted by atomic mass is 10.1. The van der Waals surface area contributed by atoms with Crippen LogP contribution in [-0.2, 0) is 16.0 Å². The first kappa shape index (κ1) is 20.0. The molecule has 1 fully saturated rings. The average Bonchev–Trinajstić information content (AvgIpc) is 3.31. The molecular formula is C25H27N3O2. The molecule has 0 unspecified atom stereocenters. The van der Waals surface area contributed by atoms with E-state index in [-0.39, 0.29) is 24.2 Å². The fourth-order valence-electron chi connectivity index (χ4n) is 4.06. The molecule has 4 rings (SSSR count). The Labute approximate surface area is 177 Å². The Bertz CT molecular complexity index is 1050.